The summed E-state index contributed by atoms with van der Waals surface area (Å²) < 4.78 is 16.0. The molecule has 2 N–H and O–H groups in total. The number of nitrogens with zero attached hydrogens (tertiary/aromatic N) is 1. The van der Waals surface area contributed by atoms with Gasteiger partial charge in [0.05, 0.1) is 26.2 Å². The second-order valence-corrected chi connectivity index (χ2v) is 5.21. The molecule has 1 aromatic rings. The molecule has 24 heavy (non-hydrogen) atoms. The number of fused-ring (bicyclic) bond motifs is 1. The molecule has 0 saturated heterocycles. The smallest absolute Gasteiger partial charge is 0.310 e. The van der Waals surface area contributed by atoms with Gasteiger partial charge < -0.3 is 24.8 Å². The average Bonchev–Trinajstić information content (AvgIpc) is 2.82. The summed E-state index contributed by atoms with van der Waals surface area (Å²) in [5.74, 6) is 1.50. The average molecular weight is 449 g/mol. The fourth-order valence-electron chi connectivity index (χ4n) is 2.09. The molecule has 1 aliphatic rings. The highest BCUT2D eigenvalue weighted by Crippen LogP contribution is 2.32. The maximum Gasteiger partial charge on any atom is 0.310 e. The summed E-state index contributed by atoms with van der Waals surface area (Å²) >= 11 is 0. The molecule has 0 spiro atoms. The third-order valence-electron chi connectivity index (χ3n) is 3.41. The number of carbonyl (C=O) groups is 1. The molecule has 134 valence electrons. The number of methoxy groups -OCH3 is 1. The Kier molecular flexibility index (Phi) is 8.66. The minimum atomic E-state index is -0.262. The molecule has 8 heteroatoms. The van der Waals surface area contributed by atoms with Gasteiger partial charge >= 0.3 is 5.97 Å². The molecule has 7 nitrogen and oxygen atoms in total. The molecule has 1 atom stereocenters. The van der Waals surface area contributed by atoms with Crippen molar-refractivity contribution in [2.24, 2.45) is 10.9 Å². The van der Waals surface area contributed by atoms with Crippen LogP contribution in [0.1, 0.15) is 13.3 Å². The van der Waals surface area contributed by atoms with E-state index in [9.17, 15) is 4.79 Å². The van der Waals surface area contributed by atoms with Crippen LogP contribution in [-0.2, 0) is 9.53 Å². The van der Waals surface area contributed by atoms with Crippen LogP contribution in [0.15, 0.2) is 23.2 Å². The standard InChI is InChI=1S/C16H23N3O4.HI/c1-11(15(20)21-3)10-18-16(17-2)19-12-5-6-13-14(9-12)23-8-4-7-22-13;/h5-6,9,11H,4,7-8,10H2,1-3H3,(H2,17,18,19);1H. The first-order chi connectivity index (χ1) is 11.1. The molecule has 1 aliphatic heterocycles. The van der Waals surface area contributed by atoms with Crippen molar-refractivity contribution >= 4 is 41.6 Å². The number of aliphatic imine (C=N–C) groups is 1. The molecule has 0 amide bonds. The van der Waals surface area contributed by atoms with Crippen LogP contribution in [0.25, 0.3) is 0 Å². The summed E-state index contributed by atoms with van der Waals surface area (Å²) in [6.45, 7) is 3.52. The number of benzene rings is 1. The van der Waals surface area contributed by atoms with Gasteiger partial charge in [0.1, 0.15) is 0 Å². The van der Waals surface area contributed by atoms with Crippen molar-refractivity contribution < 1.29 is 19.0 Å². The normalized spacial score (nSPS) is 14.7. The van der Waals surface area contributed by atoms with Crippen LogP contribution in [0.5, 0.6) is 11.5 Å². The van der Waals surface area contributed by atoms with E-state index in [0.29, 0.717) is 31.5 Å². The summed E-state index contributed by atoms with van der Waals surface area (Å²) in [5, 5.41) is 6.25. The van der Waals surface area contributed by atoms with Gasteiger partial charge in [-0.3, -0.25) is 9.79 Å². The number of nitrogens with one attached hydrogen (secondary N) is 2. The Labute approximate surface area is 159 Å². The molecule has 1 aromatic carbocycles. The monoisotopic (exact) mass is 449 g/mol. The van der Waals surface area contributed by atoms with Crippen LogP contribution in [0.3, 0.4) is 0 Å². The zero-order valence-corrected chi connectivity index (χ0v) is 16.5. The molecule has 1 unspecified atom stereocenters. The number of ether oxygens (including phenoxy) is 3. The zero-order chi connectivity index (χ0) is 16.7. The van der Waals surface area contributed by atoms with Gasteiger partial charge in [-0.1, -0.05) is 6.92 Å². The fraction of sp³-hybridized carbons (Fsp3) is 0.500. The predicted molar refractivity (Wildman–Crippen MR) is 104 cm³/mol. The molecule has 0 bridgehead atoms. The van der Waals surface area contributed by atoms with E-state index < -0.39 is 0 Å². The van der Waals surface area contributed by atoms with E-state index in [1.54, 1.807) is 14.0 Å². The van der Waals surface area contributed by atoms with Crippen molar-refractivity contribution in [3.05, 3.63) is 18.2 Å². The number of hydrogen-bond donors (Lipinski definition) is 2. The van der Waals surface area contributed by atoms with Gasteiger partial charge in [-0.2, -0.15) is 0 Å². The summed E-state index contributed by atoms with van der Waals surface area (Å²) in [5.41, 5.74) is 0.827. The first-order valence-corrected chi connectivity index (χ1v) is 7.59. The first-order valence-electron chi connectivity index (χ1n) is 7.59. The Bertz CT molecular complexity index is 580. The largest absolute Gasteiger partial charge is 0.490 e. The topological polar surface area (TPSA) is 81.2 Å². The minimum absolute atomic E-state index is 0. The molecule has 0 aromatic heterocycles. The van der Waals surface area contributed by atoms with Gasteiger partial charge in [-0.25, -0.2) is 0 Å². The van der Waals surface area contributed by atoms with Gasteiger partial charge in [0.2, 0.25) is 0 Å². The highest BCUT2D eigenvalue weighted by Gasteiger charge is 2.14. The van der Waals surface area contributed by atoms with Gasteiger partial charge in [0.15, 0.2) is 17.5 Å². The third-order valence-corrected chi connectivity index (χ3v) is 3.41. The first kappa shape index (κ1) is 20.3. The summed E-state index contributed by atoms with van der Waals surface area (Å²) in [6, 6.07) is 5.63. The SMILES string of the molecule is CN=C(NCC(C)C(=O)OC)Nc1ccc2c(c1)OCCCO2.I. The van der Waals surface area contributed by atoms with E-state index >= 15 is 0 Å². The number of rotatable bonds is 4. The highest BCUT2D eigenvalue weighted by molar-refractivity contribution is 14.0. The van der Waals surface area contributed by atoms with Crippen LogP contribution in [0.2, 0.25) is 0 Å². The number of carbonyl (C=O) groups excluding carboxylic acids is 1. The number of hydrogen-bond acceptors (Lipinski definition) is 5. The van der Waals surface area contributed by atoms with Crippen molar-refractivity contribution in [3.8, 4) is 11.5 Å². The maximum absolute atomic E-state index is 11.4. The van der Waals surface area contributed by atoms with E-state index in [4.69, 9.17) is 14.2 Å². The lowest BCUT2D eigenvalue weighted by molar-refractivity contribution is -0.144. The van der Waals surface area contributed by atoms with Crippen LogP contribution in [-0.4, -0.2) is 45.8 Å². The Morgan fingerprint density at radius 1 is 1.33 bits per heavy atom. The minimum Gasteiger partial charge on any atom is -0.490 e. The van der Waals surface area contributed by atoms with Gasteiger partial charge in [-0.15, -0.1) is 24.0 Å². The van der Waals surface area contributed by atoms with E-state index in [1.807, 2.05) is 18.2 Å². The van der Waals surface area contributed by atoms with Crippen LogP contribution < -0.4 is 20.1 Å². The van der Waals surface area contributed by atoms with Crippen molar-refractivity contribution in [2.75, 3.05) is 39.2 Å². The molecular weight excluding hydrogens is 425 g/mol. The van der Waals surface area contributed by atoms with Crippen LogP contribution in [0.4, 0.5) is 5.69 Å². The lowest BCUT2D eigenvalue weighted by Gasteiger charge is -2.15. The quantitative estimate of drug-likeness (QED) is 0.318. The summed E-state index contributed by atoms with van der Waals surface area (Å²) in [7, 11) is 3.05. The van der Waals surface area contributed by atoms with Crippen LogP contribution >= 0.6 is 24.0 Å². The van der Waals surface area contributed by atoms with Gasteiger partial charge in [-0.05, 0) is 12.1 Å². The number of guanidine groups is 1. The Morgan fingerprint density at radius 2 is 2.04 bits per heavy atom. The number of esters is 1. The Morgan fingerprint density at radius 3 is 2.71 bits per heavy atom. The van der Waals surface area contributed by atoms with E-state index in [2.05, 4.69) is 15.6 Å². The van der Waals surface area contributed by atoms with Crippen molar-refractivity contribution in [1.82, 2.24) is 5.32 Å². The molecule has 2 rings (SSSR count). The molecule has 1 heterocycles. The highest BCUT2D eigenvalue weighted by atomic mass is 127. The Balaban J connectivity index is 0.00000288. The van der Waals surface area contributed by atoms with E-state index in [-0.39, 0.29) is 35.9 Å². The lowest BCUT2D eigenvalue weighted by atomic mass is 10.2. The second-order valence-electron chi connectivity index (χ2n) is 5.21. The number of halogens is 1. The molecule has 0 saturated carbocycles. The molecular formula is C16H24IN3O4. The fourth-order valence-corrected chi connectivity index (χ4v) is 2.09. The summed E-state index contributed by atoms with van der Waals surface area (Å²) in [4.78, 5) is 15.6. The molecule has 0 aliphatic carbocycles. The second kappa shape index (κ2) is 10.2. The van der Waals surface area contributed by atoms with E-state index in [0.717, 1.165) is 17.9 Å². The zero-order valence-electron chi connectivity index (χ0n) is 14.1. The van der Waals surface area contributed by atoms with Crippen molar-refractivity contribution in [1.29, 1.82) is 0 Å². The maximum atomic E-state index is 11.4. The van der Waals surface area contributed by atoms with Crippen molar-refractivity contribution in [3.63, 3.8) is 0 Å². The third kappa shape index (κ3) is 5.73. The van der Waals surface area contributed by atoms with Crippen molar-refractivity contribution in [2.45, 2.75) is 13.3 Å². The lowest BCUT2D eigenvalue weighted by Crippen LogP contribution is -2.36. The number of anilines is 1. The Hall–Kier alpha value is -1.71. The molecule has 0 radical (unpaired) electrons. The predicted octanol–water partition coefficient (Wildman–Crippen LogP) is 2.26. The van der Waals surface area contributed by atoms with Gasteiger partial charge in [0, 0.05) is 31.8 Å². The summed E-state index contributed by atoms with van der Waals surface area (Å²) in [6.07, 6.45) is 0.867. The van der Waals surface area contributed by atoms with E-state index in [1.165, 1.54) is 7.11 Å². The molecule has 0 fully saturated rings. The van der Waals surface area contributed by atoms with Crippen LogP contribution in [0, 0.1) is 5.92 Å². The van der Waals surface area contributed by atoms with Gasteiger partial charge in [0.25, 0.3) is 0 Å².